The molecule has 1 atom stereocenters. The van der Waals surface area contributed by atoms with Crippen molar-refractivity contribution >= 4 is 17.2 Å². The number of thiazole rings is 1. The molecule has 0 bridgehead atoms. The van der Waals surface area contributed by atoms with Crippen molar-refractivity contribution in [3.05, 3.63) is 67.9 Å². The molecule has 3 aromatic rings. The first-order chi connectivity index (χ1) is 16.0. The van der Waals surface area contributed by atoms with Crippen LogP contribution < -0.4 is 15.6 Å². The van der Waals surface area contributed by atoms with E-state index in [0.717, 1.165) is 48.3 Å². The highest BCUT2D eigenvalue weighted by molar-refractivity contribution is 7.09. The van der Waals surface area contributed by atoms with E-state index in [-0.39, 0.29) is 11.5 Å². The number of ether oxygens (including phenoxy) is 1. The zero-order valence-electron chi connectivity index (χ0n) is 19.3. The lowest BCUT2D eigenvalue weighted by atomic mass is 10.0. The van der Waals surface area contributed by atoms with Crippen molar-refractivity contribution in [3.8, 4) is 5.75 Å². The van der Waals surface area contributed by atoms with Crippen LogP contribution in [0.1, 0.15) is 51.8 Å². The molecule has 0 radical (unpaired) electrons. The number of carbonyl (C=O) groups excluding carboxylic acids is 1. The minimum absolute atomic E-state index is 0.139. The van der Waals surface area contributed by atoms with Crippen LogP contribution in [0, 0.1) is 6.92 Å². The molecule has 1 aliphatic heterocycles. The van der Waals surface area contributed by atoms with Gasteiger partial charge in [-0.15, -0.1) is 11.3 Å². The van der Waals surface area contributed by atoms with E-state index in [1.54, 1.807) is 10.8 Å². The van der Waals surface area contributed by atoms with E-state index in [4.69, 9.17) is 9.15 Å². The Hall–Kier alpha value is -2.91. The number of nitrogens with zero attached hydrogens (tertiary/aromatic N) is 3. The van der Waals surface area contributed by atoms with Crippen LogP contribution in [0.15, 0.2) is 39.0 Å². The first kappa shape index (κ1) is 23.3. The summed E-state index contributed by atoms with van der Waals surface area (Å²) < 4.78 is 12.9. The van der Waals surface area contributed by atoms with Gasteiger partial charge >= 0.3 is 0 Å². The third kappa shape index (κ3) is 5.36. The van der Waals surface area contributed by atoms with Gasteiger partial charge in [0, 0.05) is 55.3 Å². The Bertz CT molecular complexity index is 1150. The summed E-state index contributed by atoms with van der Waals surface area (Å²) in [6.45, 7) is 7.43. The minimum atomic E-state index is -0.249. The molecule has 1 N–H and O–H groups in total. The van der Waals surface area contributed by atoms with Crippen LogP contribution in [0.3, 0.4) is 0 Å². The number of nitrogens with one attached hydrogen (secondary N) is 1. The van der Waals surface area contributed by atoms with E-state index in [0.29, 0.717) is 36.7 Å². The Balaban J connectivity index is 1.48. The standard InChI is InChI=1S/C24H30N4O4S/c1-16(19-5-4-17(2)32-19)6-9-27-10-7-18-23(24(30)26-15-21-25-8-13-33-21)20(31-3)14-22(29)28(18)12-11-27/h4-5,8,13-14,16H,6-7,9-12,15H2,1-3H3,(H,26,30)/t16-/m0/s1. The Morgan fingerprint density at radius 3 is 2.88 bits per heavy atom. The first-order valence-electron chi connectivity index (χ1n) is 11.2. The van der Waals surface area contributed by atoms with E-state index in [2.05, 4.69) is 22.1 Å². The Morgan fingerprint density at radius 2 is 2.18 bits per heavy atom. The molecule has 176 valence electrons. The summed E-state index contributed by atoms with van der Waals surface area (Å²) in [6, 6.07) is 5.45. The lowest BCUT2D eigenvalue weighted by Crippen LogP contribution is -2.31. The fourth-order valence-electron chi connectivity index (χ4n) is 4.24. The topological polar surface area (TPSA) is 89.6 Å². The predicted octanol–water partition coefficient (Wildman–Crippen LogP) is 3.20. The molecule has 0 unspecified atom stereocenters. The van der Waals surface area contributed by atoms with Crippen LogP contribution in [0.5, 0.6) is 5.75 Å². The SMILES string of the molecule is COc1cc(=O)n2c(c1C(=O)NCc1nccs1)CCN(CC[C@H](C)c1ccc(C)o1)CC2. The number of methoxy groups -OCH3 is 1. The van der Waals surface area contributed by atoms with Gasteiger partial charge in [-0.05, 0) is 32.0 Å². The summed E-state index contributed by atoms with van der Waals surface area (Å²) >= 11 is 1.49. The highest BCUT2D eigenvalue weighted by Gasteiger charge is 2.25. The summed E-state index contributed by atoms with van der Waals surface area (Å²) in [7, 11) is 1.49. The van der Waals surface area contributed by atoms with Crippen LogP contribution in [0.25, 0.3) is 0 Å². The van der Waals surface area contributed by atoms with Crippen molar-refractivity contribution in [3.63, 3.8) is 0 Å². The van der Waals surface area contributed by atoms with Crippen LogP contribution in [-0.4, -0.2) is 47.1 Å². The van der Waals surface area contributed by atoms with Gasteiger partial charge < -0.3 is 23.9 Å². The number of amides is 1. The number of rotatable bonds is 8. The lowest BCUT2D eigenvalue weighted by Gasteiger charge is -2.21. The highest BCUT2D eigenvalue weighted by Crippen LogP contribution is 2.25. The molecule has 4 heterocycles. The molecule has 0 spiro atoms. The minimum Gasteiger partial charge on any atom is -0.496 e. The number of hydrogen-bond donors (Lipinski definition) is 1. The molecule has 8 nitrogen and oxygen atoms in total. The van der Waals surface area contributed by atoms with Gasteiger partial charge in [-0.3, -0.25) is 9.59 Å². The third-order valence-corrected chi connectivity index (χ3v) is 6.92. The second-order valence-corrected chi connectivity index (χ2v) is 9.34. The van der Waals surface area contributed by atoms with E-state index in [1.165, 1.54) is 24.5 Å². The van der Waals surface area contributed by atoms with Crippen LogP contribution in [0.4, 0.5) is 0 Å². The zero-order valence-corrected chi connectivity index (χ0v) is 20.1. The summed E-state index contributed by atoms with van der Waals surface area (Å²) in [5.74, 6) is 2.32. The van der Waals surface area contributed by atoms with Crippen molar-refractivity contribution in [2.24, 2.45) is 0 Å². The summed E-state index contributed by atoms with van der Waals surface area (Å²) in [5.41, 5.74) is 1.03. The van der Waals surface area contributed by atoms with E-state index >= 15 is 0 Å². The Labute approximate surface area is 197 Å². The predicted molar refractivity (Wildman–Crippen MR) is 127 cm³/mol. The first-order valence-corrected chi connectivity index (χ1v) is 12.1. The molecule has 0 saturated carbocycles. The molecule has 0 fully saturated rings. The van der Waals surface area contributed by atoms with Gasteiger partial charge in [-0.25, -0.2) is 4.98 Å². The van der Waals surface area contributed by atoms with Crippen molar-refractivity contribution in [2.45, 2.75) is 45.7 Å². The summed E-state index contributed by atoms with van der Waals surface area (Å²) in [4.78, 5) is 32.5. The van der Waals surface area contributed by atoms with Gasteiger partial charge in [0.1, 0.15) is 27.8 Å². The van der Waals surface area contributed by atoms with Crippen molar-refractivity contribution < 1.29 is 13.9 Å². The molecule has 0 aromatic carbocycles. The maximum Gasteiger partial charge on any atom is 0.257 e. The molecular formula is C24H30N4O4S. The molecule has 9 heteroatoms. The number of hydrogen-bond acceptors (Lipinski definition) is 7. The molecular weight excluding hydrogens is 440 g/mol. The van der Waals surface area contributed by atoms with Crippen LogP contribution >= 0.6 is 11.3 Å². The van der Waals surface area contributed by atoms with Gasteiger partial charge in [-0.1, -0.05) is 6.92 Å². The molecule has 3 aromatic heterocycles. The van der Waals surface area contributed by atoms with Crippen LogP contribution in [0.2, 0.25) is 0 Å². The van der Waals surface area contributed by atoms with Gasteiger partial charge in [0.05, 0.1) is 13.7 Å². The van der Waals surface area contributed by atoms with E-state index in [9.17, 15) is 9.59 Å². The molecule has 0 aliphatic carbocycles. The molecule has 1 aliphatic rings. The fraction of sp³-hybridized carbons (Fsp3) is 0.458. The smallest absolute Gasteiger partial charge is 0.257 e. The second kappa shape index (κ2) is 10.4. The Morgan fingerprint density at radius 1 is 1.33 bits per heavy atom. The zero-order chi connectivity index (χ0) is 23.4. The average molecular weight is 471 g/mol. The summed E-state index contributed by atoms with van der Waals surface area (Å²) in [5, 5.41) is 5.63. The van der Waals surface area contributed by atoms with Gasteiger partial charge in [0.15, 0.2) is 0 Å². The molecule has 0 saturated heterocycles. The maximum absolute atomic E-state index is 13.1. The lowest BCUT2D eigenvalue weighted by molar-refractivity contribution is 0.0945. The van der Waals surface area contributed by atoms with E-state index < -0.39 is 0 Å². The van der Waals surface area contributed by atoms with E-state index in [1.807, 2.05) is 24.4 Å². The summed E-state index contributed by atoms with van der Waals surface area (Å²) in [6.07, 6.45) is 3.27. The third-order valence-electron chi connectivity index (χ3n) is 6.14. The Kier molecular flexibility index (Phi) is 7.29. The number of aryl methyl sites for hydroxylation is 1. The van der Waals surface area contributed by atoms with Crippen molar-refractivity contribution in [1.29, 1.82) is 0 Å². The number of aromatic nitrogens is 2. The number of fused-ring (bicyclic) bond motifs is 1. The normalized spacial score (nSPS) is 15.0. The largest absolute Gasteiger partial charge is 0.496 e. The average Bonchev–Trinajstić information content (AvgIpc) is 3.44. The van der Waals surface area contributed by atoms with Gasteiger partial charge in [-0.2, -0.15) is 0 Å². The van der Waals surface area contributed by atoms with Gasteiger partial charge in [0.25, 0.3) is 11.5 Å². The van der Waals surface area contributed by atoms with Crippen LogP contribution in [-0.2, 0) is 19.5 Å². The number of furan rings is 1. The quantitative estimate of drug-likeness (QED) is 0.544. The second-order valence-electron chi connectivity index (χ2n) is 8.36. The molecule has 33 heavy (non-hydrogen) atoms. The molecule has 1 amide bonds. The molecule has 4 rings (SSSR count). The van der Waals surface area contributed by atoms with Crippen molar-refractivity contribution in [1.82, 2.24) is 19.8 Å². The van der Waals surface area contributed by atoms with Crippen molar-refractivity contribution in [2.75, 3.05) is 26.7 Å². The maximum atomic E-state index is 13.1. The fourth-order valence-corrected chi connectivity index (χ4v) is 4.80. The number of pyridine rings is 1. The highest BCUT2D eigenvalue weighted by atomic mass is 32.1. The van der Waals surface area contributed by atoms with Gasteiger partial charge in [0.2, 0.25) is 0 Å². The number of carbonyl (C=O) groups is 1. The monoisotopic (exact) mass is 470 g/mol.